The summed E-state index contributed by atoms with van der Waals surface area (Å²) in [6.45, 7) is 1.44. The van der Waals surface area contributed by atoms with E-state index in [0.717, 1.165) is 51.4 Å². The molecule has 0 heterocycles. The summed E-state index contributed by atoms with van der Waals surface area (Å²) >= 11 is 0. The SMILES string of the molecule is CC(=O)Nc1ccc(S(=O)(=O)N(C2CCCC2)C2CCCC2)cc1. The van der Waals surface area contributed by atoms with Crippen LogP contribution in [-0.4, -0.2) is 30.7 Å². The molecular weight excluding hydrogens is 324 g/mol. The minimum Gasteiger partial charge on any atom is -0.326 e. The highest BCUT2D eigenvalue weighted by molar-refractivity contribution is 7.89. The number of anilines is 1. The van der Waals surface area contributed by atoms with Crippen LogP contribution < -0.4 is 5.32 Å². The number of amides is 1. The molecule has 0 saturated heterocycles. The molecule has 1 aromatic carbocycles. The standard InChI is InChI=1S/C18H26N2O3S/c1-14(21)19-15-10-12-18(13-11-15)24(22,23)20(16-6-2-3-7-16)17-8-4-5-9-17/h10-13,16-17H,2-9H2,1H3,(H,19,21). The van der Waals surface area contributed by atoms with E-state index in [9.17, 15) is 13.2 Å². The Bertz CT molecular complexity index is 657. The number of benzene rings is 1. The van der Waals surface area contributed by atoms with Gasteiger partial charge in [-0.1, -0.05) is 25.7 Å². The minimum atomic E-state index is -3.49. The second kappa shape index (κ2) is 7.23. The first-order chi connectivity index (χ1) is 11.5. The third kappa shape index (κ3) is 3.64. The zero-order valence-electron chi connectivity index (χ0n) is 14.2. The lowest BCUT2D eigenvalue weighted by Gasteiger charge is -2.33. The first-order valence-corrected chi connectivity index (χ1v) is 10.3. The second-order valence-corrected chi connectivity index (χ2v) is 8.76. The van der Waals surface area contributed by atoms with Gasteiger partial charge in [-0.3, -0.25) is 4.79 Å². The van der Waals surface area contributed by atoms with Crippen LogP contribution in [0.2, 0.25) is 0 Å². The maximum Gasteiger partial charge on any atom is 0.243 e. The van der Waals surface area contributed by atoms with Gasteiger partial charge in [-0.05, 0) is 49.9 Å². The Morgan fingerprint density at radius 3 is 1.83 bits per heavy atom. The molecular formula is C18H26N2O3S. The number of hydrogen-bond acceptors (Lipinski definition) is 3. The number of nitrogens with zero attached hydrogens (tertiary/aromatic N) is 1. The van der Waals surface area contributed by atoms with Gasteiger partial charge in [0.05, 0.1) is 4.90 Å². The van der Waals surface area contributed by atoms with Gasteiger partial charge in [-0.25, -0.2) is 8.42 Å². The van der Waals surface area contributed by atoms with Crippen LogP contribution in [0.5, 0.6) is 0 Å². The largest absolute Gasteiger partial charge is 0.326 e. The lowest BCUT2D eigenvalue weighted by atomic mass is 10.2. The Hall–Kier alpha value is -1.40. The van der Waals surface area contributed by atoms with Crippen molar-refractivity contribution in [3.05, 3.63) is 24.3 Å². The van der Waals surface area contributed by atoms with Gasteiger partial charge in [0.25, 0.3) is 0 Å². The van der Waals surface area contributed by atoms with Crippen molar-refractivity contribution in [1.29, 1.82) is 0 Å². The van der Waals surface area contributed by atoms with Crippen LogP contribution in [0.1, 0.15) is 58.3 Å². The summed E-state index contributed by atoms with van der Waals surface area (Å²) in [5, 5.41) is 2.68. The van der Waals surface area contributed by atoms with Gasteiger partial charge in [-0.15, -0.1) is 0 Å². The normalized spacial score (nSPS) is 19.9. The molecule has 6 heteroatoms. The molecule has 2 aliphatic carbocycles. The van der Waals surface area contributed by atoms with Crippen molar-refractivity contribution in [2.75, 3.05) is 5.32 Å². The van der Waals surface area contributed by atoms with Crippen molar-refractivity contribution in [2.45, 2.75) is 75.3 Å². The summed E-state index contributed by atoms with van der Waals surface area (Å²) in [5.74, 6) is -0.163. The second-order valence-electron chi connectivity index (χ2n) is 6.92. The molecule has 2 aliphatic rings. The lowest BCUT2D eigenvalue weighted by Crippen LogP contribution is -2.45. The molecule has 0 radical (unpaired) electrons. The van der Waals surface area contributed by atoms with Crippen LogP contribution in [0.15, 0.2) is 29.2 Å². The maximum atomic E-state index is 13.3. The van der Waals surface area contributed by atoms with Crippen LogP contribution in [0.3, 0.4) is 0 Å². The summed E-state index contributed by atoms with van der Waals surface area (Å²) in [6, 6.07) is 6.84. The Morgan fingerprint density at radius 1 is 0.958 bits per heavy atom. The third-order valence-electron chi connectivity index (χ3n) is 5.12. The molecule has 0 aromatic heterocycles. The Labute approximate surface area is 144 Å². The van der Waals surface area contributed by atoms with E-state index in [-0.39, 0.29) is 18.0 Å². The average molecular weight is 350 g/mol. The topological polar surface area (TPSA) is 66.5 Å². The molecule has 0 unspecified atom stereocenters. The molecule has 0 aliphatic heterocycles. The molecule has 0 bridgehead atoms. The van der Waals surface area contributed by atoms with Crippen molar-refractivity contribution in [3.8, 4) is 0 Å². The first kappa shape index (κ1) is 17.4. The zero-order valence-corrected chi connectivity index (χ0v) is 15.0. The Balaban J connectivity index is 1.88. The van der Waals surface area contributed by atoms with Gasteiger partial charge in [-0.2, -0.15) is 4.31 Å². The number of carbonyl (C=O) groups excluding carboxylic acids is 1. The molecule has 2 fully saturated rings. The van der Waals surface area contributed by atoms with E-state index in [2.05, 4.69) is 5.32 Å². The van der Waals surface area contributed by atoms with Crippen LogP contribution in [0.25, 0.3) is 0 Å². The predicted octanol–water partition coefficient (Wildman–Crippen LogP) is 3.52. The fraction of sp³-hybridized carbons (Fsp3) is 0.611. The van der Waals surface area contributed by atoms with E-state index < -0.39 is 10.0 Å². The fourth-order valence-electron chi connectivity index (χ4n) is 4.04. The number of rotatable bonds is 5. The van der Waals surface area contributed by atoms with E-state index >= 15 is 0 Å². The predicted molar refractivity (Wildman–Crippen MR) is 94.3 cm³/mol. The molecule has 132 valence electrons. The van der Waals surface area contributed by atoms with E-state index in [1.807, 2.05) is 4.31 Å². The molecule has 1 aromatic rings. The summed E-state index contributed by atoms with van der Waals surface area (Å²) in [5.41, 5.74) is 0.620. The summed E-state index contributed by atoms with van der Waals surface area (Å²) in [7, 11) is -3.49. The van der Waals surface area contributed by atoms with E-state index in [0.29, 0.717) is 10.6 Å². The van der Waals surface area contributed by atoms with Gasteiger partial charge < -0.3 is 5.32 Å². The Kier molecular flexibility index (Phi) is 5.25. The zero-order chi connectivity index (χ0) is 17.2. The van der Waals surface area contributed by atoms with Crippen molar-refractivity contribution < 1.29 is 13.2 Å². The summed E-state index contributed by atoms with van der Waals surface area (Å²) in [4.78, 5) is 11.4. The van der Waals surface area contributed by atoms with Gasteiger partial charge in [0.15, 0.2) is 0 Å². The highest BCUT2D eigenvalue weighted by Gasteiger charge is 2.39. The number of hydrogen-bond donors (Lipinski definition) is 1. The molecule has 0 atom stereocenters. The maximum absolute atomic E-state index is 13.3. The van der Waals surface area contributed by atoms with E-state index in [1.54, 1.807) is 24.3 Å². The fourth-order valence-corrected chi connectivity index (χ4v) is 5.97. The van der Waals surface area contributed by atoms with E-state index in [1.165, 1.54) is 6.92 Å². The van der Waals surface area contributed by atoms with Gasteiger partial charge in [0.1, 0.15) is 0 Å². The van der Waals surface area contributed by atoms with Gasteiger partial charge >= 0.3 is 0 Å². The lowest BCUT2D eigenvalue weighted by molar-refractivity contribution is -0.114. The van der Waals surface area contributed by atoms with Crippen LogP contribution >= 0.6 is 0 Å². The molecule has 0 spiro atoms. The molecule has 5 nitrogen and oxygen atoms in total. The van der Waals surface area contributed by atoms with Gasteiger partial charge in [0, 0.05) is 24.7 Å². The third-order valence-corrected chi connectivity index (χ3v) is 7.14. The summed E-state index contributed by atoms with van der Waals surface area (Å²) in [6.07, 6.45) is 8.35. The number of carbonyl (C=O) groups is 1. The molecule has 1 N–H and O–H groups in total. The van der Waals surface area contributed by atoms with Crippen LogP contribution in [0, 0.1) is 0 Å². The molecule has 2 saturated carbocycles. The number of nitrogens with one attached hydrogen (secondary N) is 1. The minimum absolute atomic E-state index is 0.146. The summed E-state index contributed by atoms with van der Waals surface area (Å²) < 4.78 is 28.4. The molecule has 3 rings (SSSR count). The monoisotopic (exact) mass is 350 g/mol. The van der Waals surface area contributed by atoms with Gasteiger partial charge in [0.2, 0.25) is 15.9 Å². The highest BCUT2D eigenvalue weighted by Crippen LogP contribution is 2.36. The Morgan fingerprint density at radius 2 is 1.42 bits per heavy atom. The quantitative estimate of drug-likeness (QED) is 0.883. The van der Waals surface area contributed by atoms with Crippen LogP contribution in [0.4, 0.5) is 5.69 Å². The van der Waals surface area contributed by atoms with Crippen LogP contribution in [-0.2, 0) is 14.8 Å². The molecule has 24 heavy (non-hydrogen) atoms. The van der Waals surface area contributed by atoms with Crippen molar-refractivity contribution in [2.24, 2.45) is 0 Å². The van der Waals surface area contributed by atoms with Crippen molar-refractivity contribution in [1.82, 2.24) is 4.31 Å². The first-order valence-electron chi connectivity index (χ1n) is 8.89. The molecule has 1 amide bonds. The number of sulfonamides is 1. The van der Waals surface area contributed by atoms with Crippen molar-refractivity contribution >= 4 is 21.6 Å². The van der Waals surface area contributed by atoms with E-state index in [4.69, 9.17) is 0 Å². The average Bonchev–Trinajstić information content (AvgIpc) is 3.21. The van der Waals surface area contributed by atoms with Crippen molar-refractivity contribution in [3.63, 3.8) is 0 Å². The smallest absolute Gasteiger partial charge is 0.243 e. The highest BCUT2D eigenvalue weighted by atomic mass is 32.2.